The summed E-state index contributed by atoms with van der Waals surface area (Å²) in [6, 6.07) is 5.40. The Bertz CT molecular complexity index is 599. The Labute approximate surface area is 137 Å². The zero-order chi connectivity index (χ0) is 17.2. The quantitative estimate of drug-likeness (QED) is 0.775. The molecule has 1 unspecified atom stereocenters. The summed E-state index contributed by atoms with van der Waals surface area (Å²) in [6.45, 7) is 8.95. The number of rotatable bonds is 4. The number of fused-ring (bicyclic) bond motifs is 1. The SMILES string of the molecule is CC(=O)O[SiH](OC(C)=O)c1ccc2c(c1)COC(C)(C(C)C)O2. The predicted octanol–water partition coefficient (Wildman–Crippen LogP) is 1.52. The number of hydrogen-bond donors (Lipinski definition) is 0. The van der Waals surface area contributed by atoms with Crippen molar-refractivity contribution in [2.45, 2.75) is 47.0 Å². The van der Waals surface area contributed by atoms with Crippen LogP contribution in [-0.4, -0.2) is 27.0 Å². The number of ether oxygens (including phenoxy) is 2. The van der Waals surface area contributed by atoms with Crippen LogP contribution in [0.15, 0.2) is 18.2 Å². The minimum absolute atomic E-state index is 0.194. The van der Waals surface area contributed by atoms with Gasteiger partial charge in [-0.3, -0.25) is 9.59 Å². The molecular weight excluding hydrogens is 316 g/mol. The van der Waals surface area contributed by atoms with Crippen LogP contribution < -0.4 is 9.92 Å². The number of hydrogen-bond acceptors (Lipinski definition) is 6. The van der Waals surface area contributed by atoms with Gasteiger partial charge in [-0.05, 0) is 12.1 Å². The standard InChI is InChI=1S/C16H22O6Si/c1-10(2)16(5)19-9-13-8-14(6-7-15(13)20-16)23(21-11(3)17)22-12(4)18/h6-8,10,23H,9H2,1-5H3. The Balaban J connectivity index is 2.26. The highest BCUT2D eigenvalue weighted by atomic mass is 28.3. The topological polar surface area (TPSA) is 71.1 Å². The molecule has 7 heteroatoms. The second-order valence-electron chi connectivity index (χ2n) is 5.98. The molecular formula is C16H22O6Si. The van der Waals surface area contributed by atoms with E-state index in [2.05, 4.69) is 0 Å². The smallest absolute Gasteiger partial charge is 0.483 e. The Morgan fingerprint density at radius 3 is 2.35 bits per heavy atom. The van der Waals surface area contributed by atoms with E-state index in [0.29, 0.717) is 11.8 Å². The van der Waals surface area contributed by atoms with Crippen LogP contribution in [0.5, 0.6) is 5.75 Å². The molecule has 1 aromatic rings. The van der Waals surface area contributed by atoms with Crippen LogP contribution in [0.4, 0.5) is 0 Å². The third-order valence-electron chi connectivity index (χ3n) is 3.78. The molecule has 0 amide bonds. The van der Waals surface area contributed by atoms with Crippen LogP contribution in [0.25, 0.3) is 0 Å². The van der Waals surface area contributed by atoms with Crippen molar-refractivity contribution in [2.75, 3.05) is 0 Å². The molecule has 0 radical (unpaired) electrons. The lowest BCUT2D eigenvalue weighted by molar-refractivity contribution is -0.219. The third-order valence-corrected chi connectivity index (χ3v) is 5.77. The van der Waals surface area contributed by atoms with Crippen molar-refractivity contribution in [3.05, 3.63) is 23.8 Å². The summed E-state index contributed by atoms with van der Waals surface area (Å²) in [6.07, 6.45) is 0. The van der Waals surface area contributed by atoms with Gasteiger partial charge in [-0.15, -0.1) is 0 Å². The zero-order valence-corrected chi connectivity index (χ0v) is 15.2. The lowest BCUT2D eigenvalue weighted by Crippen LogP contribution is -2.45. The van der Waals surface area contributed by atoms with Gasteiger partial charge in [-0.25, -0.2) is 0 Å². The van der Waals surface area contributed by atoms with Crippen LogP contribution in [0.3, 0.4) is 0 Å². The van der Waals surface area contributed by atoms with Gasteiger partial charge in [0, 0.05) is 37.4 Å². The molecule has 1 aliphatic rings. The van der Waals surface area contributed by atoms with E-state index in [1.807, 2.05) is 26.8 Å². The molecule has 0 spiro atoms. The maximum atomic E-state index is 11.2. The molecule has 1 heterocycles. The van der Waals surface area contributed by atoms with Gasteiger partial charge >= 0.3 is 9.28 Å². The Morgan fingerprint density at radius 1 is 1.22 bits per heavy atom. The minimum Gasteiger partial charge on any atom is -0.484 e. The van der Waals surface area contributed by atoms with Gasteiger partial charge < -0.3 is 18.3 Å². The summed E-state index contributed by atoms with van der Waals surface area (Å²) >= 11 is 0. The lowest BCUT2D eigenvalue weighted by atomic mass is 10.0. The number of benzene rings is 1. The first-order valence-electron chi connectivity index (χ1n) is 7.51. The molecule has 23 heavy (non-hydrogen) atoms. The van der Waals surface area contributed by atoms with Crippen molar-refractivity contribution in [1.82, 2.24) is 0 Å². The molecule has 0 saturated carbocycles. The van der Waals surface area contributed by atoms with Crippen molar-refractivity contribution in [1.29, 1.82) is 0 Å². The highest BCUT2D eigenvalue weighted by Gasteiger charge is 2.36. The highest BCUT2D eigenvalue weighted by Crippen LogP contribution is 2.34. The molecule has 0 aliphatic carbocycles. The van der Waals surface area contributed by atoms with Crippen molar-refractivity contribution < 1.29 is 27.9 Å². The van der Waals surface area contributed by atoms with Crippen LogP contribution in [0.1, 0.15) is 40.2 Å². The molecule has 1 aliphatic heterocycles. The fraction of sp³-hybridized carbons (Fsp3) is 0.500. The van der Waals surface area contributed by atoms with Crippen molar-refractivity contribution in [3.63, 3.8) is 0 Å². The molecule has 0 fully saturated rings. The first-order chi connectivity index (χ1) is 10.7. The van der Waals surface area contributed by atoms with E-state index in [1.165, 1.54) is 13.8 Å². The normalized spacial score (nSPS) is 20.0. The molecule has 2 rings (SSSR count). The van der Waals surface area contributed by atoms with E-state index in [1.54, 1.807) is 12.1 Å². The molecule has 0 saturated heterocycles. The van der Waals surface area contributed by atoms with Crippen LogP contribution in [0.2, 0.25) is 0 Å². The van der Waals surface area contributed by atoms with Gasteiger partial charge in [-0.2, -0.15) is 0 Å². The van der Waals surface area contributed by atoms with Gasteiger partial charge in [0.1, 0.15) is 5.75 Å². The molecule has 1 atom stereocenters. The summed E-state index contributed by atoms with van der Waals surface area (Å²) in [4.78, 5) is 22.5. The molecule has 6 nitrogen and oxygen atoms in total. The summed E-state index contributed by atoms with van der Waals surface area (Å²) < 4.78 is 22.2. The van der Waals surface area contributed by atoms with Crippen LogP contribution in [-0.2, 0) is 29.8 Å². The van der Waals surface area contributed by atoms with Crippen molar-refractivity contribution in [3.8, 4) is 5.75 Å². The average molecular weight is 338 g/mol. The third kappa shape index (κ3) is 4.11. The Hall–Kier alpha value is -1.86. The van der Waals surface area contributed by atoms with Gasteiger partial charge in [0.25, 0.3) is 11.9 Å². The fourth-order valence-corrected chi connectivity index (χ4v) is 3.69. The molecule has 126 valence electrons. The monoisotopic (exact) mass is 338 g/mol. The van der Waals surface area contributed by atoms with E-state index in [0.717, 1.165) is 11.3 Å². The highest BCUT2D eigenvalue weighted by molar-refractivity contribution is 6.64. The summed E-state index contributed by atoms with van der Waals surface area (Å²) in [5, 5.41) is 0.689. The summed E-state index contributed by atoms with van der Waals surface area (Å²) in [7, 11) is -2.62. The largest absolute Gasteiger partial charge is 0.484 e. The maximum Gasteiger partial charge on any atom is 0.483 e. The van der Waals surface area contributed by atoms with E-state index >= 15 is 0 Å². The number of carbonyl (C=O) groups excluding carboxylic acids is 2. The van der Waals surface area contributed by atoms with E-state index in [-0.39, 0.29) is 5.92 Å². The minimum atomic E-state index is -2.62. The first-order valence-corrected chi connectivity index (χ1v) is 9.03. The van der Waals surface area contributed by atoms with E-state index < -0.39 is 27.0 Å². The molecule has 1 aromatic carbocycles. The van der Waals surface area contributed by atoms with Gasteiger partial charge in [-0.1, -0.05) is 19.9 Å². The van der Waals surface area contributed by atoms with E-state index in [9.17, 15) is 9.59 Å². The van der Waals surface area contributed by atoms with E-state index in [4.69, 9.17) is 18.3 Å². The average Bonchev–Trinajstić information content (AvgIpc) is 2.45. The second-order valence-corrected chi connectivity index (χ2v) is 7.78. The molecule has 0 bridgehead atoms. The fourth-order valence-electron chi connectivity index (χ4n) is 2.17. The Morgan fingerprint density at radius 2 is 1.83 bits per heavy atom. The van der Waals surface area contributed by atoms with Gasteiger partial charge in [0.15, 0.2) is 0 Å². The van der Waals surface area contributed by atoms with Gasteiger partial charge in [0.2, 0.25) is 5.79 Å². The zero-order valence-electron chi connectivity index (χ0n) is 14.0. The second kappa shape index (κ2) is 6.72. The first kappa shape index (κ1) is 17.5. The van der Waals surface area contributed by atoms with Crippen LogP contribution in [0, 0.1) is 5.92 Å². The predicted molar refractivity (Wildman–Crippen MR) is 85.4 cm³/mol. The molecule has 0 N–H and O–H groups in total. The summed E-state index contributed by atoms with van der Waals surface area (Å²) in [5.74, 6) is -0.688. The van der Waals surface area contributed by atoms with Crippen molar-refractivity contribution >= 4 is 26.4 Å². The maximum absolute atomic E-state index is 11.2. The molecule has 0 aromatic heterocycles. The van der Waals surface area contributed by atoms with Crippen molar-refractivity contribution in [2.24, 2.45) is 5.92 Å². The Kier molecular flexibility index (Phi) is 5.11. The number of carbonyl (C=O) groups is 2. The lowest BCUT2D eigenvalue weighted by Gasteiger charge is -2.38. The van der Waals surface area contributed by atoms with Gasteiger partial charge in [0.05, 0.1) is 6.61 Å². The van der Waals surface area contributed by atoms with Crippen LogP contribution >= 0.6 is 0 Å². The summed E-state index contributed by atoms with van der Waals surface area (Å²) in [5.41, 5.74) is 0.845.